The fourth-order valence-electron chi connectivity index (χ4n) is 3.82. The van der Waals surface area contributed by atoms with E-state index in [0.717, 1.165) is 5.92 Å². The molecule has 1 heteroatoms. The zero-order valence-corrected chi connectivity index (χ0v) is 11.1. The standard InChI is InChI=1S/C16H23N/c1-3-5-12-6-4-7-14-13(12)8-9-16(2)11-17-10-15(14)16/h4,6-7,15,17H,3,5,8-11H2,1-2H3/t15?,16-/m0/s1. The average Bonchev–Trinajstić information content (AvgIpc) is 2.72. The van der Waals surface area contributed by atoms with Gasteiger partial charge in [0.15, 0.2) is 0 Å². The highest BCUT2D eigenvalue weighted by Crippen LogP contribution is 2.48. The molecular formula is C16H23N. The van der Waals surface area contributed by atoms with E-state index in [-0.39, 0.29) is 0 Å². The van der Waals surface area contributed by atoms with Crippen molar-refractivity contribution in [3.63, 3.8) is 0 Å². The molecule has 1 saturated heterocycles. The van der Waals surface area contributed by atoms with Gasteiger partial charge in [0.2, 0.25) is 0 Å². The SMILES string of the molecule is CCCc1cccc2c1CC[C@@]1(C)CNCC21. The zero-order valence-electron chi connectivity index (χ0n) is 11.1. The molecular weight excluding hydrogens is 206 g/mol. The molecule has 1 unspecified atom stereocenters. The number of fused-ring (bicyclic) bond motifs is 3. The maximum absolute atomic E-state index is 3.60. The second kappa shape index (κ2) is 4.13. The molecule has 2 atom stereocenters. The Labute approximate surface area is 105 Å². The van der Waals surface area contributed by atoms with Crippen molar-refractivity contribution in [1.29, 1.82) is 0 Å². The van der Waals surface area contributed by atoms with E-state index in [1.165, 1.54) is 38.8 Å². The molecule has 1 heterocycles. The lowest BCUT2D eigenvalue weighted by molar-refractivity contribution is 0.277. The third kappa shape index (κ3) is 1.72. The van der Waals surface area contributed by atoms with Crippen molar-refractivity contribution in [2.45, 2.75) is 45.4 Å². The van der Waals surface area contributed by atoms with E-state index in [0.29, 0.717) is 5.41 Å². The summed E-state index contributed by atoms with van der Waals surface area (Å²) in [5.74, 6) is 0.753. The predicted molar refractivity (Wildman–Crippen MR) is 72.5 cm³/mol. The minimum absolute atomic E-state index is 0.512. The van der Waals surface area contributed by atoms with Crippen molar-refractivity contribution in [2.75, 3.05) is 13.1 Å². The Morgan fingerprint density at radius 1 is 1.41 bits per heavy atom. The zero-order chi connectivity index (χ0) is 11.9. The Morgan fingerprint density at radius 2 is 2.29 bits per heavy atom. The van der Waals surface area contributed by atoms with Crippen LogP contribution in [0.5, 0.6) is 0 Å². The average molecular weight is 229 g/mol. The molecule has 1 aromatic carbocycles. The van der Waals surface area contributed by atoms with Crippen LogP contribution in [0.1, 0.15) is 49.3 Å². The topological polar surface area (TPSA) is 12.0 Å². The van der Waals surface area contributed by atoms with Crippen LogP contribution in [0.3, 0.4) is 0 Å². The van der Waals surface area contributed by atoms with Crippen molar-refractivity contribution < 1.29 is 0 Å². The monoisotopic (exact) mass is 229 g/mol. The Bertz CT molecular complexity index is 424. The maximum atomic E-state index is 3.60. The minimum atomic E-state index is 0.512. The predicted octanol–water partition coefficient (Wildman–Crippen LogP) is 3.28. The second-order valence-electron chi connectivity index (χ2n) is 6.07. The van der Waals surface area contributed by atoms with Gasteiger partial charge in [0, 0.05) is 19.0 Å². The number of nitrogens with one attached hydrogen (secondary N) is 1. The van der Waals surface area contributed by atoms with Gasteiger partial charge in [-0.15, -0.1) is 0 Å². The van der Waals surface area contributed by atoms with E-state index >= 15 is 0 Å². The summed E-state index contributed by atoms with van der Waals surface area (Å²) in [4.78, 5) is 0. The van der Waals surface area contributed by atoms with E-state index in [1.54, 1.807) is 16.7 Å². The van der Waals surface area contributed by atoms with E-state index in [4.69, 9.17) is 0 Å². The Kier molecular flexibility index (Phi) is 2.74. The number of benzene rings is 1. The summed E-state index contributed by atoms with van der Waals surface area (Å²) in [7, 11) is 0. The Morgan fingerprint density at radius 3 is 3.12 bits per heavy atom. The number of hydrogen-bond acceptors (Lipinski definition) is 1. The van der Waals surface area contributed by atoms with Gasteiger partial charge in [-0.2, -0.15) is 0 Å². The molecule has 1 nitrogen and oxygen atoms in total. The Hall–Kier alpha value is -0.820. The van der Waals surface area contributed by atoms with Gasteiger partial charge < -0.3 is 5.32 Å². The first-order chi connectivity index (χ1) is 8.24. The highest BCUT2D eigenvalue weighted by Gasteiger charge is 2.43. The molecule has 1 aliphatic heterocycles. The Balaban J connectivity index is 2.04. The van der Waals surface area contributed by atoms with E-state index in [9.17, 15) is 0 Å². The van der Waals surface area contributed by atoms with Crippen LogP contribution in [0.4, 0.5) is 0 Å². The third-order valence-corrected chi connectivity index (χ3v) is 4.87. The largest absolute Gasteiger partial charge is 0.316 e. The molecule has 2 aliphatic rings. The molecule has 0 aromatic heterocycles. The highest BCUT2D eigenvalue weighted by molar-refractivity contribution is 5.42. The van der Waals surface area contributed by atoms with Gasteiger partial charge in [0.1, 0.15) is 0 Å². The molecule has 0 radical (unpaired) electrons. The molecule has 3 rings (SSSR count). The van der Waals surface area contributed by atoms with Crippen molar-refractivity contribution in [2.24, 2.45) is 5.41 Å². The van der Waals surface area contributed by atoms with Crippen molar-refractivity contribution >= 4 is 0 Å². The second-order valence-corrected chi connectivity index (χ2v) is 6.07. The molecule has 0 amide bonds. The summed E-state index contributed by atoms with van der Waals surface area (Å²) in [6.45, 7) is 7.13. The number of rotatable bonds is 2. The quantitative estimate of drug-likeness (QED) is 0.820. The molecule has 1 fully saturated rings. The van der Waals surface area contributed by atoms with Gasteiger partial charge in [-0.05, 0) is 41.4 Å². The van der Waals surface area contributed by atoms with Crippen molar-refractivity contribution in [1.82, 2.24) is 5.32 Å². The lowest BCUT2D eigenvalue weighted by Crippen LogP contribution is -2.30. The van der Waals surface area contributed by atoms with Crippen LogP contribution < -0.4 is 5.32 Å². The van der Waals surface area contributed by atoms with Crippen LogP contribution in [0, 0.1) is 5.41 Å². The van der Waals surface area contributed by atoms with Crippen LogP contribution >= 0.6 is 0 Å². The van der Waals surface area contributed by atoms with Crippen molar-refractivity contribution in [3.8, 4) is 0 Å². The van der Waals surface area contributed by atoms with E-state index < -0.39 is 0 Å². The van der Waals surface area contributed by atoms with Gasteiger partial charge in [0.25, 0.3) is 0 Å². The molecule has 1 aliphatic carbocycles. The van der Waals surface area contributed by atoms with Crippen LogP contribution in [0.25, 0.3) is 0 Å². The van der Waals surface area contributed by atoms with Crippen LogP contribution in [0.2, 0.25) is 0 Å². The van der Waals surface area contributed by atoms with Gasteiger partial charge in [-0.3, -0.25) is 0 Å². The molecule has 92 valence electrons. The molecule has 1 aromatic rings. The van der Waals surface area contributed by atoms with Crippen LogP contribution in [0.15, 0.2) is 18.2 Å². The van der Waals surface area contributed by atoms with Crippen molar-refractivity contribution in [3.05, 3.63) is 34.9 Å². The van der Waals surface area contributed by atoms with Gasteiger partial charge in [0.05, 0.1) is 0 Å². The molecule has 0 bridgehead atoms. The summed E-state index contributed by atoms with van der Waals surface area (Å²) in [5.41, 5.74) is 5.45. The molecule has 0 saturated carbocycles. The number of hydrogen-bond donors (Lipinski definition) is 1. The van der Waals surface area contributed by atoms with E-state index in [2.05, 4.69) is 37.4 Å². The third-order valence-electron chi connectivity index (χ3n) is 4.87. The minimum Gasteiger partial charge on any atom is -0.316 e. The molecule has 0 spiro atoms. The van der Waals surface area contributed by atoms with Gasteiger partial charge in [-0.1, -0.05) is 38.5 Å². The highest BCUT2D eigenvalue weighted by atomic mass is 14.9. The van der Waals surface area contributed by atoms with Crippen LogP contribution in [-0.2, 0) is 12.8 Å². The molecule has 17 heavy (non-hydrogen) atoms. The van der Waals surface area contributed by atoms with Crippen LogP contribution in [-0.4, -0.2) is 13.1 Å². The van der Waals surface area contributed by atoms with Gasteiger partial charge >= 0.3 is 0 Å². The lowest BCUT2D eigenvalue weighted by atomic mass is 9.66. The fraction of sp³-hybridized carbons (Fsp3) is 0.625. The first-order valence-corrected chi connectivity index (χ1v) is 7.06. The molecule has 1 N–H and O–H groups in total. The van der Waals surface area contributed by atoms with E-state index in [1.807, 2.05) is 0 Å². The summed E-state index contributed by atoms with van der Waals surface area (Å²) >= 11 is 0. The van der Waals surface area contributed by atoms with Gasteiger partial charge in [-0.25, -0.2) is 0 Å². The maximum Gasteiger partial charge on any atom is 0.00323 e. The first-order valence-electron chi connectivity index (χ1n) is 7.06. The fourth-order valence-corrected chi connectivity index (χ4v) is 3.82. The normalized spacial score (nSPS) is 31.1. The smallest absolute Gasteiger partial charge is 0.00323 e. The summed E-state index contributed by atoms with van der Waals surface area (Å²) in [6.07, 6.45) is 5.16. The summed E-state index contributed by atoms with van der Waals surface area (Å²) in [6, 6.07) is 6.99. The lowest BCUT2D eigenvalue weighted by Gasteiger charge is -2.37. The number of aryl methyl sites for hydroxylation is 1. The summed E-state index contributed by atoms with van der Waals surface area (Å²) < 4.78 is 0. The summed E-state index contributed by atoms with van der Waals surface area (Å²) in [5, 5.41) is 3.60. The first kappa shape index (κ1) is 11.3.